The van der Waals surface area contributed by atoms with E-state index in [0.29, 0.717) is 0 Å². The molecular weight excluding hydrogens is 248 g/mol. The molecule has 0 aliphatic carbocycles. The molecule has 0 radical (unpaired) electrons. The molecule has 7 nitrogen and oxygen atoms in total. The van der Waals surface area contributed by atoms with Crippen molar-refractivity contribution in [3.05, 3.63) is 0 Å². The first-order chi connectivity index (χ1) is 7.60. The van der Waals surface area contributed by atoms with Crippen LogP contribution >= 0.6 is 0 Å². The molecule has 0 aliphatic rings. The number of carboxylic acids is 1. The quantitative estimate of drug-likeness (QED) is 0.604. The van der Waals surface area contributed by atoms with E-state index in [-0.39, 0.29) is 18.1 Å². The van der Waals surface area contributed by atoms with E-state index in [1.54, 1.807) is 0 Å². The first-order valence-corrected chi connectivity index (χ1v) is 6.92. The van der Waals surface area contributed by atoms with E-state index in [0.717, 1.165) is 0 Å². The van der Waals surface area contributed by atoms with Crippen LogP contribution in [0.2, 0.25) is 0 Å². The highest BCUT2D eigenvalue weighted by Crippen LogP contribution is 2.00. The smallest absolute Gasteiger partial charge is 0.328 e. The normalized spacial score (nSPS) is 11.9. The molecule has 0 heterocycles. The summed E-state index contributed by atoms with van der Waals surface area (Å²) in [6.07, 6.45) is 0. The molecule has 0 aromatic rings. The Morgan fingerprint density at radius 2 is 1.82 bits per heavy atom. The van der Waals surface area contributed by atoms with Gasteiger partial charge in [-0.1, -0.05) is 6.92 Å². The Bertz CT molecular complexity index is 388. The second kappa shape index (κ2) is 5.85. The van der Waals surface area contributed by atoms with E-state index in [2.05, 4.69) is 10.6 Å². The third-order valence-corrected chi connectivity index (χ3v) is 3.80. The molecule has 0 fully saturated rings. The van der Waals surface area contributed by atoms with Crippen LogP contribution in [-0.4, -0.2) is 49.1 Å². The molecule has 0 spiro atoms. The highest BCUT2D eigenvalue weighted by Gasteiger charge is 2.28. The zero-order valence-corrected chi connectivity index (χ0v) is 10.9. The largest absolute Gasteiger partial charge is 0.480 e. The minimum absolute atomic E-state index is 0.0108. The highest BCUT2D eigenvalue weighted by atomic mass is 32.2. The van der Waals surface area contributed by atoms with Crippen molar-refractivity contribution in [2.75, 3.05) is 18.1 Å². The number of urea groups is 1. The van der Waals surface area contributed by atoms with E-state index in [4.69, 9.17) is 5.11 Å². The van der Waals surface area contributed by atoms with Crippen molar-refractivity contribution in [1.29, 1.82) is 0 Å². The third kappa shape index (κ3) is 6.10. The molecular formula is C9H18N2O5S. The zero-order chi connectivity index (χ0) is 13.7. The molecule has 0 saturated heterocycles. The molecule has 3 N–H and O–H groups in total. The van der Waals surface area contributed by atoms with Gasteiger partial charge in [0, 0.05) is 12.3 Å². The van der Waals surface area contributed by atoms with Crippen LogP contribution in [0.4, 0.5) is 4.79 Å². The lowest BCUT2D eigenvalue weighted by Gasteiger charge is -2.21. The average Bonchev–Trinajstić information content (AvgIpc) is 2.16. The molecule has 2 amide bonds. The Morgan fingerprint density at radius 3 is 2.24 bits per heavy atom. The van der Waals surface area contributed by atoms with Gasteiger partial charge in [-0.3, -0.25) is 0 Å². The molecule has 8 heteroatoms. The maximum Gasteiger partial charge on any atom is 0.328 e. The van der Waals surface area contributed by atoms with Crippen molar-refractivity contribution in [3.63, 3.8) is 0 Å². The average molecular weight is 266 g/mol. The summed E-state index contributed by atoms with van der Waals surface area (Å²) in [6, 6.07) is -0.705. The Balaban J connectivity index is 4.10. The van der Waals surface area contributed by atoms with Gasteiger partial charge in [-0.25, -0.2) is 18.0 Å². The fraction of sp³-hybridized carbons (Fsp3) is 0.778. The number of hydrogen-bond acceptors (Lipinski definition) is 4. The van der Waals surface area contributed by atoms with Crippen LogP contribution in [-0.2, 0) is 14.6 Å². The zero-order valence-electron chi connectivity index (χ0n) is 10.1. The third-order valence-electron chi connectivity index (χ3n) is 2.10. The topological polar surface area (TPSA) is 113 Å². The van der Waals surface area contributed by atoms with Gasteiger partial charge in [-0.05, 0) is 13.8 Å². The van der Waals surface area contributed by atoms with Crippen molar-refractivity contribution in [2.24, 2.45) is 0 Å². The van der Waals surface area contributed by atoms with Gasteiger partial charge in [0.05, 0.1) is 5.75 Å². The Morgan fingerprint density at radius 1 is 1.29 bits per heavy atom. The van der Waals surface area contributed by atoms with Gasteiger partial charge in [0.2, 0.25) is 0 Å². The minimum atomic E-state index is -3.13. The minimum Gasteiger partial charge on any atom is -0.480 e. The number of aliphatic carboxylic acids is 1. The van der Waals surface area contributed by atoms with Crippen LogP contribution in [0.5, 0.6) is 0 Å². The first-order valence-electron chi connectivity index (χ1n) is 5.10. The van der Waals surface area contributed by atoms with Gasteiger partial charge in [-0.2, -0.15) is 0 Å². The van der Waals surface area contributed by atoms with E-state index in [1.165, 1.54) is 20.8 Å². The van der Waals surface area contributed by atoms with E-state index in [1.807, 2.05) is 0 Å². The van der Waals surface area contributed by atoms with Crippen molar-refractivity contribution in [3.8, 4) is 0 Å². The lowest BCUT2D eigenvalue weighted by Crippen LogP contribution is -2.53. The second-order valence-electron chi connectivity index (χ2n) is 4.05. The number of carboxylic acid groups (broad SMARTS) is 1. The molecule has 0 aromatic carbocycles. The second-order valence-corrected chi connectivity index (χ2v) is 6.52. The summed E-state index contributed by atoms with van der Waals surface area (Å²) in [7, 11) is -3.13. The molecule has 0 bridgehead atoms. The Kier molecular flexibility index (Phi) is 5.40. The maximum absolute atomic E-state index is 11.3. The molecule has 0 aliphatic heterocycles. The van der Waals surface area contributed by atoms with E-state index < -0.39 is 27.4 Å². The summed E-state index contributed by atoms with van der Waals surface area (Å²) in [5, 5.41) is 13.3. The van der Waals surface area contributed by atoms with Crippen molar-refractivity contribution in [2.45, 2.75) is 26.3 Å². The monoisotopic (exact) mass is 266 g/mol. The molecule has 0 aromatic heterocycles. The Hall–Kier alpha value is -1.31. The fourth-order valence-corrected chi connectivity index (χ4v) is 1.55. The van der Waals surface area contributed by atoms with Crippen LogP contribution in [0, 0.1) is 0 Å². The highest BCUT2D eigenvalue weighted by molar-refractivity contribution is 7.91. The van der Waals surface area contributed by atoms with Gasteiger partial charge >= 0.3 is 12.0 Å². The van der Waals surface area contributed by atoms with Gasteiger partial charge in [-0.15, -0.1) is 0 Å². The molecule has 17 heavy (non-hydrogen) atoms. The van der Waals surface area contributed by atoms with Crippen LogP contribution in [0.1, 0.15) is 20.8 Å². The number of sulfone groups is 1. The summed E-state index contributed by atoms with van der Waals surface area (Å²) in [4.78, 5) is 22.0. The number of carbonyl (C=O) groups excluding carboxylic acids is 1. The van der Waals surface area contributed by atoms with Gasteiger partial charge in [0.1, 0.15) is 5.54 Å². The molecule has 0 saturated carbocycles. The van der Waals surface area contributed by atoms with Crippen molar-refractivity contribution in [1.82, 2.24) is 10.6 Å². The SMILES string of the molecule is CCS(=O)(=O)CCNC(=O)NC(C)(C)C(=O)O. The number of hydrogen-bond donors (Lipinski definition) is 3. The van der Waals surface area contributed by atoms with Gasteiger partial charge < -0.3 is 15.7 Å². The summed E-state index contributed by atoms with van der Waals surface area (Å²) >= 11 is 0. The predicted molar refractivity (Wildman–Crippen MR) is 62.6 cm³/mol. The Labute approximate surface area is 101 Å². The summed E-state index contributed by atoms with van der Waals surface area (Å²) in [5.74, 6) is -1.32. The lowest BCUT2D eigenvalue weighted by molar-refractivity contribution is -0.142. The number of rotatable bonds is 6. The first kappa shape index (κ1) is 15.7. The summed E-state index contributed by atoms with van der Waals surface area (Å²) in [5.41, 5.74) is -1.40. The maximum atomic E-state index is 11.3. The molecule has 0 unspecified atom stereocenters. The molecule has 0 atom stereocenters. The number of carbonyl (C=O) groups is 2. The predicted octanol–water partition coefficient (Wildman–Crippen LogP) is -0.416. The van der Waals surface area contributed by atoms with E-state index >= 15 is 0 Å². The van der Waals surface area contributed by atoms with Crippen LogP contribution < -0.4 is 10.6 Å². The number of nitrogens with one attached hydrogen (secondary N) is 2. The lowest BCUT2D eigenvalue weighted by atomic mass is 10.1. The number of amides is 2. The fourth-order valence-electron chi connectivity index (χ4n) is 0.846. The molecule has 0 rings (SSSR count). The van der Waals surface area contributed by atoms with Crippen molar-refractivity contribution >= 4 is 21.8 Å². The van der Waals surface area contributed by atoms with Gasteiger partial charge in [0.25, 0.3) is 0 Å². The van der Waals surface area contributed by atoms with Gasteiger partial charge in [0.15, 0.2) is 9.84 Å². The standard InChI is InChI=1S/C9H18N2O5S/c1-4-17(15,16)6-5-10-8(14)11-9(2,3)7(12)13/h4-6H2,1-3H3,(H,12,13)(H2,10,11,14). The van der Waals surface area contributed by atoms with Crippen LogP contribution in [0.3, 0.4) is 0 Å². The molecule has 100 valence electrons. The summed E-state index contributed by atoms with van der Waals surface area (Å²) in [6.45, 7) is 4.13. The van der Waals surface area contributed by atoms with Crippen LogP contribution in [0.15, 0.2) is 0 Å². The summed E-state index contributed by atoms with van der Waals surface area (Å²) < 4.78 is 22.2. The van der Waals surface area contributed by atoms with Crippen LogP contribution in [0.25, 0.3) is 0 Å². The van der Waals surface area contributed by atoms with E-state index in [9.17, 15) is 18.0 Å². The van der Waals surface area contributed by atoms with Crippen molar-refractivity contribution < 1.29 is 23.1 Å².